The third kappa shape index (κ3) is 5.81. The maximum Gasteiger partial charge on any atom is 0.331 e. The maximum absolute atomic E-state index is 13.1. The van der Waals surface area contributed by atoms with Crippen LogP contribution in [0.2, 0.25) is 0 Å². The largest absolute Gasteiger partial charge is 0.331 e. The zero-order valence-corrected chi connectivity index (χ0v) is 16.0. The molecule has 0 spiro atoms. The molecular formula is C16H10Br2F2N4O2. The standard InChI is InChI=1S/C16H10Br2F2N4O2/c17-11-5-9(1-3-13(11)19)7-21-23-15(25)16(26)24-22-8-10-2-4-14(20)12(18)6-10/h1-8H,(H,23,25)(H,24,26)/b21-7+,22-8+. The molecule has 0 fully saturated rings. The summed E-state index contributed by atoms with van der Waals surface area (Å²) in [6, 6.07) is 8.25. The topological polar surface area (TPSA) is 82.9 Å². The van der Waals surface area contributed by atoms with Crippen molar-refractivity contribution in [3.05, 3.63) is 68.1 Å². The van der Waals surface area contributed by atoms with Gasteiger partial charge in [-0.15, -0.1) is 0 Å². The highest BCUT2D eigenvalue weighted by atomic mass is 79.9. The molecule has 2 N–H and O–H groups in total. The molecule has 2 aromatic carbocycles. The van der Waals surface area contributed by atoms with Crippen molar-refractivity contribution in [3.63, 3.8) is 0 Å². The molecule has 10 heteroatoms. The van der Waals surface area contributed by atoms with E-state index in [2.05, 4.69) is 42.1 Å². The van der Waals surface area contributed by atoms with E-state index < -0.39 is 23.4 Å². The number of nitrogens with zero attached hydrogens (tertiary/aromatic N) is 2. The molecule has 0 aromatic heterocycles. The second-order valence-electron chi connectivity index (χ2n) is 4.75. The first-order chi connectivity index (χ1) is 12.4. The van der Waals surface area contributed by atoms with Crippen LogP contribution >= 0.6 is 31.9 Å². The highest BCUT2D eigenvalue weighted by Gasteiger charge is 2.11. The number of carbonyl (C=O) groups excluding carboxylic acids is 2. The summed E-state index contributed by atoms with van der Waals surface area (Å²) in [5.41, 5.74) is 5.04. The van der Waals surface area contributed by atoms with Gasteiger partial charge in [-0.1, -0.05) is 12.1 Å². The van der Waals surface area contributed by atoms with Gasteiger partial charge in [0, 0.05) is 0 Å². The van der Waals surface area contributed by atoms with Crippen LogP contribution in [0, 0.1) is 11.6 Å². The Morgan fingerprint density at radius 2 is 1.19 bits per heavy atom. The van der Waals surface area contributed by atoms with Crippen LogP contribution in [0.5, 0.6) is 0 Å². The summed E-state index contributed by atoms with van der Waals surface area (Å²) in [7, 11) is 0. The number of rotatable bonds is 4. The van der Waals surface area contributed by atoms with Crippen molar-refractivity contribution in [2.75, 3.05) is 0 Å². The summed E-state index contributed by atoms with van der Waals surface area (Å²) < 4.78 is 26.7. The molecule has 0 atom stereocenters. The van der Waals surface area contributed by atoms with Gasteiger partial charge in [-0.05, 0) is 67.3 Å². The summed E-state index contributed by atoms with van der Waals surface area (Å²) in [6.07, 6.45) is 2.49. The molecule has 0 saturated heterocycles. The van der Waals surface area contributed by atoms with Gasteiger partial charge in [-0.2, -0.15) is 10.2 Å². The number of halogens is 4. The number of benzene rings is 2. The van der Waals surface area contributed by atoms with Crippen LogP contribution < -0.4 is 10.9 Å². The number of nitrogens with one attached hydrogen (secondary N) is 2. The summed E-state index contributed by atoms with van der Waals surface area (Å²) in [6.45, 7) is 0. The van der Waals surface area contributed by atoms with E-state index in [4.69, 9.17) is 0 Å². The molecule has 0 radical (unpaired) electrons. The van der Waals surface area contributed by atoms with E-state index in [9.17, 15) is 18.4 Å². The van der Waals surface area contributed by atoms with Gasteiger partial charge in [0.2, 0.25) is 0 Å². The fourth-order valence-corrected chi connectivity index (χ4v) is 2.41. The van der Waals surface area contributed by atoms with Gasteiger partial charge in [0.1, 0.15) is 11.6 Å². The van der Waals surface area contributed by atoms with E-state index in [1.165, 1.54) is 48.8 Å². The lowest BCUT2D eigenvalue weighted by molar-refractivity contribution is -0.139. The quantitative estimate of drug-likeness (QED) is 0.394. The molecule has 0 heterocycles. The van der Waals surface area contributed by atoms with E-state index in [1.807, 2.05) is 10.9 Å². The predicted octanol–water partition coefficient (Wildman–Crippen LogP) is 3.09. The normalized spacial score (nSPS) is 11.1. The van der Waals surface area contributed by atoms with Crippen LogP contribution in [0.1, 0.15) is 11.1 Å². The molecule has 2 aromatic rings. The lowest BCUT2D eigenvalue weighted by Crippen LogP contribution is -2.35. The van der Waals surface area contributed by atoms with Crippen LogP contribution in [0.3, 0.4) is 0 Å². The van der Waals surface area contributed by atoms with Gasteiger partial charge in [0.25, 0.3) is 0 Å². The van der Waals surface area contributed by atoms with Crippen LogP contribution in [-0.2, 0) is 9.59 Å². The average molecular weight is 488 g/mol. The van der Waals surface area contributed by atoms with Crippen molar-refractivity contribution in [2.24, 2.45) is 10.2 Å². The minimum absolute atomic E-state index is 0.243. The molecule has 0 bridgehead atoms. The summed E-state index contributed by atoms with van der Waals surface area (Å²) in [4.78, 5) is 23.1. The molecule has 2 rings (SSSR count). The number of hydrogen-bond donors (Lipinski definition) is 2. The lowest BCUT2D eigenvalue weighted by atomic mass is 10.2. The average Bonchev–Trinajstić information content (AvgIpc) is 2.61. The Bertz CT molecular complexity index is 830. The Morgan fingerprint density at radius 1 is 0.808 bits per heavy atom. The van der Waals surface area contributed by atoms with Gasteiger partial charge < -0.3 is 0 Å². The highest BCUT2D eigenvalue weighted by Crippen LogP contribution is 2.16. The first-order valence-electron chi connectivity index (χ1n) is 6.93. The summed E-state index contributed by atoms with van der Waals surface area (Å²) in [5.74, 6) is -2.95. The van der Waals surface area contributed by atoms with E-state index in [0.717, 1.165) is 0 Å². The smallest absolute Gasteiger partial charge is 0.262 e. The van der Waals surface area contributed by atoms with Gasteiger partial charge in [0.05, 0.1) is 21.4 Å². The van der Waals surface area contributed by atoms with E-state index in [-0.39, 0.29) is 8.95 Å². The zero-order chi connectivity index (χ0) is 19.1. The van der Waals surface area contributed by atoms with Crippen molar-refractivity contribution in [1.29, 1.82) is 0 Å². The molecule has 0 aliphatic heterocycles. The number of carbonyl (C=O) groups is 2. The van der Waals surface area contributed by atoms with Crippen LogP contribution in [0.15, 0.2) is 55.5 Å². The Hall–Kier alpha value is -2.46. The van der Waals surface area contributed by atoms with E-state index >= 15 is 0 Å². The van der Waals surface area contributed by atoms with Crippen molar-refractivity contribution in [3.8, 4) is 0 Å². The summed E-state index contributed by atoms with van der Waals surface area (Å²) >= 11 is 6.04. The molecule has 2 amide bonds. The van der Waals surface area contributed by atoms with Crippen LogP contribution in [0.25, 0.3) is 0 Å². The lowest BCUT2D eigenvalue weighted by Gasteiger charge is -1.99. The molecule has 26 heavy (non-hydrogen) atoms. The van der Waals surface area contributed by atoms with Crippen molar-refractivity contribution in [1.82, 2.24) is 10.9 Å². The third-order valence-electron chi connectivity index (χ3n) is 2.85. The monoisotopic (exact) mass is 486 g/mol. The second-order valence-corrected chi connectivity index (χ2v) is 6.45. The first-order valence-corrected chi connectivity index (χ1v) is 8.52. The zero-order valence-electron chi connectivity index (χ0n) is 12.8. The Kier molecular flexibility index (Phi) is 7.10. The second kappa shape index (κ2) is 9.30. The van der Waals surface area contributed by atoms with Gasteiger partial charge >= 0.3 is 11.8 Å². The fourth-order valence-electron chi connectivity index (χ4n) is 1.62. The van der Waals surface area contributed by atoms with Crippen molar-refractivity contribution >= 4 is 56.1 Å². The molecule has 6 nitrogen and oxygen atoms in total. The number of hydrogen-bond acceptors (Lipinski definition) is 4. The van der Waals surface area contributed by atoms with Crippen molar-refractivity contribution in [2.45, 2.75) is 0 Å². The Balaban J connectivity index is 1.85. The van der Waals surface area contributed by atoms with Crippen LogP contribution in [0.4, 0.5) is 8.78 Å². The molecule has 134 valence electrons. The van der Waals surface area contributed by atoms with E-state index in [0.29, 0.717) is 11.1 Å². The highest BCUT2D eigenvalue weighted by molar-refractivity contribution is 9.10. The molecule has 0 unspecified atom stereocenters. The molecule has 0 aliphatic carbocycles. The number of hydrazone groups is 2. The Morgan fingerprint density at radius 3 is 1.54 bits per heavy atom. The molecule has 0 aliphatic rings. The summed E-state index contributed by atoms with van der Waals surface area (Å²) in [5, 5.41) is 7.19. The third-order valence-corrected chi connectivity index (χ3v) is 4.07. The van der Waals surface area contributed by atoms with Crippen molar-refractivity contribution < 1.29 is 18.4 Å². The van der Waals surface area contributed by atoms with Crippen LogP contribution in [-0.4, -0.2) is 24.2 Å². The fraction of sp³-hybridized carbons (Fsp3) is 0. The van der Waals surface area contributed by atoms with Gasteiger partial charge in [0.15, 0.2) is 0 Å². The van der Waals surface area contributed by atoms with Gasteiger partial charge in [-0.25, -0.2) is 19.6 Å². The predicted molar refractivity (Wildman–Crippen MR) is 99.7 cm³/mol. The SMILES string of the molecule is O=C(N/N=C/c1ccc(F)c(Br)c1)C(=O)N/N=C/c1ccc(F)c(Br)c1. The number of amides is 2. The maximum atomic E-state index is 13.1. The molecular weight excluding hydrogens is 478 g/mol. The van der Waals surface area contributed by atoms with Gasteiger partial charge in [-0.3, -0.25) is 9.59 Å². The minimum atomic E-state index is -1.04. The van der Waals surface area contributed by atoms with E-state index in [1.54, 1.807) is 0 Å². The molecule has 0 saturated carbocycles. The first kappa shape index (κ1) is 19.9. The Labute approximate surface area is 163 Å². The minimum Gasteiger partial charge on any atom is -0.262 e.